The average molecular weight is 286 g/mol. The first kappa shape index (κ1) is 15.8. The zero-order valence-electron chi connectivity index (χ0n) is 13.9. The minimum atomic E-state index is -0.552. The molecule has 0 aliphatic rings. The Labute approximate surface area is 127 Å². The highest BCUT2D eigenvalue weighted by atomic mass is 16.3. The first-order valence-corrected chi connectivity index (χ1v) is 7.46. The highest BCUT2D eigenvalue weighted by molar-refractivity contribution is 5.41. The second kappa shape index (κ2) is 5.64. The molecule has 0 fully saturated rings. The molecular formula is C18H26N2O. The smallest absolute Gasteiger partial charge is 0.102 e. The minimum Gasteiger partial charge on any atom is -0.386 e. The maximum absolute atomic E-state index is 10.4. The number of aliphatic hydroxyl groups excluding tert-OH is 1. The Hall–Kier alpha value is -1.61. The van der Waals surface area contributed by atoms with Crippen LogP contribution in [0.4, 0.5) is 0 Å². The van der Waals surface area contributed by atoms with Crippen LogP contribution in [0, 0.1) is 13.8 Å². The van der Waals surface area contributed by atoms with Gasteiger partial charge in [0.2, 0.25) is 0 Å². The van der Waals surface area contributed by atoms with Crippen LogP contribution in [-0.2, 0) is 18.9 Å². The summed E-state index contributed by atoms with van der Waals surface area (Å²) in [5.41, 5.74) is 5.93. The molecule has 0 amide bonds. The van der Waals surface area contributed by atoms with Crippen LogP contribution in [0.15, 0.2) is 24.4 Å². The molecule has 21 heavy (non-hydrogen) atoms. The van der Waals surface area contributed by atoms with Gasteiger partial charge in [-0.25, -0.2) is 0 Å². The van der Waals surface area contributed by atoms with E-state index in [-0.39, 0.29) is 5.41 Å². The van der Waals surface area contributed by atoms with Crippen LogP contribution in [0.2, 0.25) is 0 Å². The van der Waals surface area contributed by atoms with E-state index in [1.165, 1.54) is 22.3 Å². The van der Waals surface area contributed by atoms with Crippen molar-refractivity contribution in [3.05, 3.63) is 52.3 Å². The third-order valence-corrected chi connectivity index (χ3v) is 4.04. The van der Waals surface area contributed by atoms with Crippen molar-refractivity contribution in [3.8, 4) is 0 Å². The van der Waals surface area contributed by atoms with Crippen molar-refractivity contribution in [3.63, 3.8) is 0 Å². The summed E-state index contributed by atoms with van der Waals surface area (Å²) in [6.07, 6.45) is 1.92. The maximum Gasteiger partial charge on any atom is 0.102 e. The summed E-state index contributed by atoms with van der Waals surface area (Å²) in [5.74, 6) is 0. The minimum absolute atomic E-state index is 0.146. The van der Waals surface area contributed by atoms with E-state index >= 15 is 0 Å². The van der Waals surface area contributed by atoms with Crippen molar-refractivity contribution in [1.82, 2.24) is 9.78 Å². The lowest BCUT2D eigenvalue weighted by molar-refractivity contribution is 0.172. The fourth-order valence-electron chi connectivity index (χ4n) is 2.66. The van der Waals surface area contributed by atoms with Crippen molar-refractivity contribution in [2.45, 2.75) is 52.6 Å². The highest BCUT2D eigenvalue weighted by Gasteiger charge is 2.19. The fraction of sp³-hybridized carbons (Fsp3) is 0.500. The molecule has 0 saturated heterocycles. The van der Waals surface area contributed by atoms with E-state index in [4.69, 9.17) is 0 Å². The lowest BCUT2D eigenvalue weighted by Crippen LogP contribution is -2.13. The molecule has 0 radical (unpaired) electrons. The molecule has 1 aromatic heterocycles. The van der Waals surface area contributed by atoms with Crippen molar-refractivity contribution >= 4 is 0 Å². The van der Waals surface area contributed by atoms with Gasteiger partial charge in [-0.15, -0.1) is 0 Å². The molecule has 2 aromatic rings. The van der Waals surface area contributed by atoms with E-state index in [9.17, 15) is 5.11 Å². The Bertz CT molecular complexity index is 612. The van der Waals surface area contributed by atoms with Gasteiger partial charge >= 0.3 is 0 Å². The van der Waals surface area contributed by atoms with Gasteiger partial charge in [0, 0.05) is 19.7 Å². The molecule has 0 aliphatic heterocycles. The number of benzene rings is 1. The Morgan fingerprint density at radius 1 is 1.19 bits per heavy atom. The normalized spacial score (nSPS) is 13.5. The molecule has 0 saturated carbocycles. The highest BCUT2D eigenvalue weighted by Crippen LogP contribution is 2.29. The zero-order chi connectivity index (χ0) is 15.8. The summed E-state index contributed by atoms with van der Waals surface area (Å²) >= 11 is 0. The standard InChI is InChI=1S/C18H26N2O/c1-12-9-14(18(3,4)5)10-13(2)15(12)11-17(21)16-7-8-20(6)19-16/h7-10,17,21H,11H2,1-6H3. The second-order valence-corrected chi connectivity index (χ2v) is 6.97. The number of aromatic nitrogens is 2. The summed E-state index contributed by atoms with van der Waals surface area (Å²) < 4.78 is 1.72. The van der Waals surface area contributed by atoms with E-state index in [1.54, 1.807) is 4.68 Å². The lowest BCUT2D eigenvalue weighted by Gasteiger charge is -2.23. The number of rotatable bonds is 3. The van der Waals surface area contributed by atoms with Crippen molar-refractivity contribution < 1.29 is 5.11 Å². The van der Waals surface area contributed by atoms with Crippen molar-refractivity contribution in [2.24, 2.45) is 7.05 Å². The van der Waals surface area contributed by atoms with Crippen LogP contribution in [0.25, 0.3) is 0 Å². The molecule has 2 rings (SSSR count). The third-order valence-electron chi connectivity index (χ3n) is 4.04. The van der Waals surface area contributed by atoms with Crippen LogP contribution >= 0.6 is 0 Å². The number of aryl methyl sites for hydroxylation is 3. The van der Waals surface area contributed by atoms with Crippen LogP contribution in [0.1, 0.15) is 54.8 Å². The molecule has 1 heterocycles. The molecule has 114 valence electrons. The van der Waals surface area contributed by atoms with E-state index in [0.717, 1.165) is 5.69 Å². The third kappa shape index (κ3) is 3.53. The van der Waals surface area contributed by atoms with Gasteiger partial charge in [-0.3, -0.25) is 4.68 Å². The maximum atomic E-state index is 10.4. The number of hydrogen-bond acceptors (Lipinski definition) is 2. The van der Waals surface area contributed by atoms with Crippen LogP contribution in [0.5, 0.6) is 0 Å². The zero-order valence-corrected chi connectivity index (χ0v) is 13.9. The molecule has 1 unspecified atom stereocenters. The Balaban J connectivity index is 2.28. The van der Waals surface area contributed by atoms with Crippen molar-refractivity contribution in [2.75, 3.05) is 0 Å². The van der Waals surface area contributed by atoms with Gasteiger partial charge in [0.25, 0.3) is 0 Å². The van der Waals surface area contributed by atoms with Gasteiger partial charge in [0.1, 0.15) is 6.10 Å². The molecule has 1 aromatic carbocycles. The number of nitrogens with zero attached hydrogens (tertiary/aromatic N) is 2. The van der Waals surface area contributed by atoms with E-state index in [1.807, 2.05) is 19.3 Å². The monoisotopic (exact) mass is 286 g/mol. The quantitative estimate of drug-likeness (QED) is 0.936. The molecule has 0 aliphatic carbocycles. The van der Waals surface area contributed by atoms with Crippen LogP contribution < -0.4 is 0 Å². The average Bonchev–Trinajstić information content (AvgIpc) is 2.79. The predicted octanol–water partition coefficient (Wildman–Crippen LogP) is 3.61. The summed E-state index contributed by atoms with van der Waals surface area (Å²) in [6.45, 7) is 10.9. The molecule has 1 atom stereocenters. The molecule has 3 heteroatoms. The van der Waals surface area contributed by atoms with Crippen molar-refractivity contribution in [1.29, 1.82) is 0 Å². The molecule has 1 N–H and O–H groups in total. The van der Waals surface area contributed by atoms with Gasteiger partial charge in [0.05, 0.1) is 5.69 Å². The molecule has 3 nitrogen and oxygen atoms in total. The van der Waals surface area contributed by atoms with E-state index in [0.29, 0.717) is 6.42 Å². The number of aliphatic hydroxyl groups is 1. The van der Waals surface area contributed by atoms with E-state index in [2.05, 4.69) is 51.9 Å². The van der Waals surface area contributed by atoms with Gasteiger partial charge in [-0.2, -0.15) is 5.10 Å². The SMILES string of the molecule is Cc1cc(C(C)(C)C)cc(C)c1CC(O)c1ccn(C)n1. The fourth-order valence-corrected chi connectivity index (χ4v) is 2.66. The summed E-state index contributed by atoms with van der Waals surface area (Å²) in [7, 11) is 1.87. The Morgan fingerprint density at radius 2 is 1.76 bits per heavy atom. The van der Waals surface area contributed by atoms with E-state index < -0.39 is 6.10 Å². The van der Waals surface area contributed by atoms with Gasteiger partial charge in [0.15, 0.2) is 0 Å². The number of hydrogen-bond donors (Lipinski definition) is 1. The second-order valence-electron chi connectivity index (χ2n) is 6.97. The topological polar surface area (TPSA) is 38.0 Å². The Morgan fingerprint density at radius 3 is 2.19 bits per heavy atom. The summed E-state index contributed by atoms with van der Waals surface area (Å²) in [5, 5.41) is 14.7. The van der Waals surface area contributed by atoms with Gasteiger partial charge < -0.3 is 5.11 Å². The molecule has 0 spiro atoms. The summed E-state index contributed by atoms with van der Waals surface area (Å²) in [6, 6.07) is 6.36. The van der Waals surface area contributed by atoms with Gasteiger partial charge in [-0.05, 0) is 47.6 Å². The molecular weight excluding hydrogens is 260 g/mol. The van der Waals surface area contributed by atoms with Crippen LogP contribution in [-0.4, -0.2) is 14.9 Å². The molecule has 0 bridgehead atoms. The largest absolute Gasteiger partial charge is 0.386 e. The first-order valence-electron chi connectivity index (χ1n) is 7.46. The lowest BCUT2D eigenvalue weighted by atomic mass is 9.83. The van der Waals surface area contributed by atoms with Gasteiger partial charge in [-0.1, -0.05) is 32.9 Å². The Kier molecular flexibility index (Phi) is 4.24. The predicted molar refractivity (Wildman–Crippen MR) is 86.5 cm³/mol. The summed E-state index contributed by atoms with van der Waals surface area (Å²) in [4.78, 5) is 0. The first-order chi connectivity index (χ1) is 9.68. The van der Waals surface area contributed by atoms with Crippen LogP contribution in [0.3, 0.4) is 0 Å².